The molecule has 14 heavy (non-hydrogen) atoms. The molecular formula is C13H27N. The van der Waals surface area contributed by atoms with Gasteiger partial charge in [0.2, 0.25) is 0 Å². The molecule has 0 atom stereocenters. The number of rotatable bonds is 2. The van der Waals surface area contributed by atoms with Crippen molar-refractivity contribution >= 4 is 0 Å². The molecule has 0 radical (unpaired) electrons. The van der Waals surface area contributed by atoms with E-state index in [9.17, 15) is 0 Å². The lowest BCUT2D eigenvalue weighted by atomic mass is 9.83. The van der Waals surface area contributed by atoms with E-state index in [1.807, 2.05) is 0 Å². The second-order valence-electron chi connectivity index (χ2n) is 5.09. The molecule has 0 spiro atoms. The molecule has 2 N–H and O–H groups in total. The van der Waals surface area contributed by atoms with E-state index in [4.69, 9.17) is 5.73 Å². The Bertz CT molecular complexity index is 132. The van der Waals surface area contributed by atoms with Crippen molar-refractivity contribution in [2.24, 2.45) is 5.73 Å². The van der Waals surface area contributed by atoms with Crippen molar-refractivity contribution in [1.29, 1.82) is 0 Å². The van der Waals surface area contributed by atoms with Crippen molar-refractivity contribution in [1.82, 2.24) is 0 Å². The van der Waals surface area contributed by atoms with Gasteiger partial charge in [-0.15, -0.1) is 0 Å². The van der Waals surface area contributed by atoms with Gasteiger partial charge in [-0.1, -0.05) is 58.3 Å². The molecule has 1 fully saturated rings. The molecule has 1 aliphatic carbocycles. The summed E-state index contributed by atoms with van der Waals surface area (Å²) < 4.78 is 0. The zero-order valence-electron chi connectivity index (χ0n) is 9.86. The maximum Gasteiger partial charge on any atom is 0.0154 e. The first-order chi connectivity index (χ1) is 6.77. The van der Waals surface area contributed by atoms with Crippen molar-refractivity contribution in [2.75, 3.05) is 0 Å². The van der Waals surface area contributed by atoms with Gasteiger partial charge in [0.25, 0.3) is 0 Å². The molecule has 0 amide bonds. The van der Waals surface area contributed by atoms with E-state index >= 15 is 0 Å². The van der Waals surface area contributed by atoms with Crippen LogP contribution in [-0.2, 0) is 0 Å². The highest BCUT2D eigenvalue weighted by Gasteiger charge is 2.22. The van der Waals surface area contributed by atoms with Gasteiger partial charge in [0.1, 0.15) is 0 Å². The molecule has 1 aliphatic rings. The van der Waals surface area contributed by atoms with Crippen molar-refractivity contribution in [3.8, 4) is 0 Å². The Morgan fingerprint density at radius 1 is 0.857 bits per heavy atom. The van der Waals surface area contributed by atoms with Gasteiger partial charge in [-0.2, -0.15) is 0 Å². The van der Waals surface area contributed by atoms with E-state index in [0.29, 0.717) is 0 Å². The van der Waals surface area contributed by atoms with Gasteiger partial charge < -0.3 is 5.73 Å². The molecule has 0 aromatic carbocycles. The Morgan fingerprint density at radius 2 is 1.29 bits per heavy atom. The van der Waals surface area contributed by atoms with Crippen LogP contribution in [0.5, 0.6) is 0 Å². The normalized spacial score (nSPS) is 24.4. The fourth-order valence-corrected chi connectivity index (χ4v) is 2.71. The van der Waals surface area contributed by atoms with Crippen LogP contribution in [0.15, 0.2) is 0 Å². The Hall–Kier alpha value is -0.0400. The van der Waals surface area contributed by atoms with Gasteiger partial charge in [-0.05, 0) is 19.3 Å². The highest BCUT2D eigenvalue weighted by Crippen LogP contribution is 2.26. The molecule has 1 saturated carbocycles. The molecule has 0 aromatic rings. The lowest BCUT2D eigenvalue weighted by Gasteiger charge is -2.30. The molecular weight excluding hydrogens is 170 g/mol. The molecule has 0 bridgehead atoms. The standard InChI is InChI=1S/C13H27N/c1-2-10-13(14)11-8-6-4-3-5-7-9-12-13/h2-12,14H2,1H3. The molecule has 0 saturated heterocycles. The lowest BCUT2D eigenvalue weighted by molar-refractivity contribution is 0.304. The van der Waals surface area contributed by atoms with Crippen LogP contribution in [0.25, 0.3) is 0 Å². The molecule has 1 nitrogen and oxygen atoms in total. The topological polar surface area (TPSA) is 26.0 Å². The van der Waals surface area contributed by atoms with E-state index in [2.05, 4.69) is 6.92 Å². The first-order valence-corrected chi connectivity index (χ1v) is 6.56. The molecule has 0 heterocycles. The SMILES string of the molecule is CCCC1(N)CCCCCCCCC1. The van der Waals surface area contributed by atoms with E-state index in [0.717, 1.165) is 0 Å². The van der Waals surface area contributed by atoms with Crippen molar-refractivity contribution in [3.63, 3.8) is 0 Å². The summed E-state index contributed by atoms with van der Waals surface area (Å²) in [5.41, 5.74) is 6.65. The molecule has 0 aliphatic heterocycles. The zero-order chi connectivity index (χ0) is 10.3. The smallest absolute Gasteiger partial charge is 0.0154 e. The Balaban J connectivity index is 2.36. The average molecular weight is 197 g/mol. The Labute approximate surface area is 89.5 Å². The summed E-state index contributed by atoms with van der Waals surface area (Å²) in [6.07, 6.45) is 14.8. The van der Waals surface area contributed by atoms with Crippen molar-refractivity contribution < 1.29 is 0 Å². The van der Waals surface area contributed by atoms with Crippen LogP contribution in [0.4, 0.5) is 0 Å². The third kappa shape index (κ3) is 4.45. The second-order valence-corrected chi connectivity index (χ2v) is 5.09. The van der Waals surface area contributed by atoms with Gasteiger partial charge in [-0.25, -0.2) is 0 Å². The summed E-state index contributed by atoms with van der Waals surface area (Å²) in [5.74, 6) is 0. The van der Waals surface area contributed by atoms with E-state index in [-0.39, 0.29) is 5.54 Å². The van der Waals surface area contributed by atoms with Gasteiger partial charge >= 0.3 is 0 Å². The summed E-state index contributed by atoms with van der Waals surface area (Å²) in [6.45, 7) is 2.26. The van der Waals surface area contributed by atoms with Crippen molar-refractivity contribution in [2.45, 2.75) is 83.1 Å². The predicted molar refractivity (Wildman–Crippen MR) is 63.4 cm³/mol. The maximum atomic E-state index is 6.46. The summed E-state index contributed by atoms with van der Waals surface area (Å²) in [7, 11) is 0. The van der Waals surface area contributed by atoms with Crippen LogP contribution in [0.1, 0.15) is 77.6 Å². The number of hydrogen-bond acceptors (Lipinski definition) is 1. The largest absolute Gasteiger partial charge is 0.325 e. The molecule has 0 unspecified atom stereocenters. The minimum atomic E-state index is 0.187. The summed E-state index contributed by atoms with van der Waals surface area (Å²) in [4.78, 5) is 0. The van der Waals surface area contributed by atoms with Crippen LogP contribution in [0, 0.1) is 0 Å². The second kappa shape index (κ2) is 6.44. The first-order valence-electron chi connectivity index (χ1n) is 6.56. The van der Waals surface area contributed by atoms with Gasteiger partial charge in [0.05, 0.1) is 0 Å². The van der Waals surface area contributed by atoms with Gasteiger partial charge in [0.15, 0.2) is 0 Å². The van der Waals surface area contributed by atoms with Crippen molar-refractivity contribution in [3.05, 3.63) is 0 Å². The highest BCUT2D eigenvalue weighted by molar-refractivity contribution is 4.83. The molecule has 1 rings (SSSR count). The minimum absolute atomic E-state index is 0.187. The maximum absolute atomic E-state index is 6.46. The average Bonchev–Trinajstić information content (AvgIpc) is 2.16. The Morgan fingerprint density at radius 3 is 1.71 bits per heavy atom. The van der Waals surface area contributed by atoms with Gasteiger partial charge in [-0.3, -0.25) is 0 Å². The van der Waals surface area contributed by atoms with Crippen LogP contribution >= 0.6 is 0 Å². The third-order valence-corrected chi connectivity index (χ3v) is 3.60. The summed E-state index contributed by atoms with van der Waals surface area (Å²) in [6, 6.07) is 0. The minimum Gasteiger partial charge on any atom is -0.325 e. The molecule has 0 aromatic heterocycles. The quantitative estimate of drug-likeness (QED) is 0.711. The Kier molecular flexibility index (Phi) is 5.54. The van der Waals surface area contributed by atoms with Crippen LogP contribution in [0.2, 0.25) is 0 Å². The predicted octanol–water partition coefficient (Wildman–Crippen LogP) is 4.01. The molecule has 1 heteroatoms. The fraction of sp³-hybridized carbons (Fsp3) is 1.00. The molecule has 84 valence electrons. The highest BCUT2D eigenvalue weighted by atomic mass is 14.7. The van der Waals surface area contributed by atoms with Gasteiger partial charge in [0, 0.05) is 5.54 Å². The summed E-state index contributed by atoms with van der Waals surface area (Å²) in [5, 5.41) is 0. The summed E-state index contributed by atoms with van der Waals surface area (Å²) >= 11 is 0. The number of nitrogens with two attached hydrogens (primary N) is 1. The van der Waals surface area contributed by atoms with E-state index in [1.54, 1.807) is 0 Å². The lowest BCUT2D eigenvalue weighted by Crippen LogP contribution is -2.39. The van der Waals surface area contributed by atoms with Crippen LogP contribution < -0.4 is 5.73 Å². The van der Waals surface area contributed by atoms with E-state index in [1.165, 1.54) is 70.6 Å². The number of hydrogen-bond donors (Lipinski definition) is 1. The first kappa shape index (κ1) is 12.0. The fourth-order valence-electron chi connectivity index (χ4n) is 2.71. The third-order valence-electron chi connectivity index (χ3n) is 3.60. The zero-order valence-corrected chi connectivity index (χ0v) is 9.86. The monoisotopic (exact) mass is 197 g/mol. The van der Waals surface area contributed by atoms with E-state index < -0.39 is 0 Å². The van der Waals surface area contributed by atoms with Crippen LogP contribution in [0.3, 0.4) is 0 Å². The van der Waals surface area contributed by atoms with Crippen LogP contribution in [-0.4, -0.2) is 5.54 Å².